The van der Waals surface area contributed by atoms with E-state index in [9.17, 15) is 5.11 Å². The smallest absolute Gasteiger partial charge is 0.320 e. The van der Waals surface area contributed by atoms with Gasteiger partial charge in [-0.2, -0.15) is 9.97 Å². The molecular weight excluding hydrogens is 496 g/mol. The summed E-state index contributed by atoms with van der Waals surface area (Å²) in [6, 6.07) is 36.9. The molecule has 0 amide bonds. The Labute approximate surface area is 231 Å². The SMILES string of the molecule is CC(C)Oc1nc(-c2ccc3c4cc5ccccc5cc4n(-c4ccccc4)c3c2)nc(-c2ccccc2O)n1. The molecule has 0 atom stereocenters. The number of nitrogens with zero attached hydrogens (tertiary/aromatic N) is 4. The number of hydrogen-bond acceptors (Lipinski definition) is 5. The molecule has 0 unspecified atom stereocenters. The van der Waals surface area contributed by atoms with Crippen LogP contribution in [0.1, 0.15) is 13.8 Å². The van der Waals surface area contributed by atoms with Crippen LogP contribution in [0.4, 0.5) is 0 Å². The van der Waals surface area contributed by atoms with Gasteiger partial charge < -0.3 is 14.4 Å². The number of aromatic nitrogens is 4. The van der Waals surface area contributed by atoms with Gasteiger partial charge in [-0.15, -0.1) is 0 Å². The molecule has 0 spiro atoms. The molecule has 0 bridgehead atoms. The number of phenols is 1. The minimum absolute atomic E-state index is 0.0990. The molecule has 194 valence electrons. The Hall–Kier alpha value is -5.23. The first-order chi connectivity index (χ1) is 19.5. The molecule has 2 heterocycles. The van der Waals surface area contributed by atoms with Crippen LogP contribution in [0.2, 0.25) is 0 Å². The summed E-state index contributed by atoms with van der Waals surface area (Å²) >= 11 is 0. The van der Waals surface area contributed by atoms with Crippen molar-refractivity contribution in [3.05, 3.63) is 109 Å². The topological polar surface area (TPSA) is 73.1 Å². The Morgan fingerprint density at radius 2 is 1.32 bits per heavy atom. The largest absolute Gasteiger partial charge is 0.507 e. The van der Waals surface area contributed by atoms with Gasteiger partial charge in [0.25, 0.3) is 0 Å². The van der Waals surface area contributed by atoms with Crippen LogP contribution in [0, 0.1) is 0 Å². The van der Waals surface area contributed by atoms with Crippen LogP contribution in [0.15, 0.2) is 109 Å². The molecule has 0 saturated carbocycles. The molecule has 2 aromatic heterocycles. The third-order valence-electron chi connectivity index (χ3n) is 7.01. The molecule has 0 fully saturated rings. The zero-order chi connectivity index (χ0) is 27.2. The first kappa shape index (κ1) is 23.9. The van der Waals surface area contributed by atoms with Crippen molar-refractivity contribution in [3.63, 3.8) is 0 Å². The van der Waals surface area contributed by atoms with Crippen LogP contribution in [0.25, 0.3) is 61.0 Å². The number of rotatable bonds is 5. The standard InChI is InChI=1S/C34H26N4O2/c1-21(2)40-34-36-32(35-33(37-34)27-14-8-9-15-31(27)39)24-16-17-26-28-18-22-10-6-7-11-23(22)19-30(28)38(29(26)20-24)25-12-4-3-5-13-25/h3-21,39H,1-2H3. The number of para-hydroxylation sites is 2. The lowest BCUT2D eigenvalue weighted by molar-refractivity contribution is 0.222. The van der Waals surface area contributed by atoms with Gasteiger partial charge in [0.15, 0.2) is 11.6 Å². The monoisotopic (exact) mass is 522 g/mol. The lowest BCUT2D eigenvalue weighted by atomic mass is 10.1. The van der Waals surface area contributed by atoms with E-state index >= 15 is 0 Å². The van der Waals surface area contributed by atoms with Gasteiger partial charge in [-0.25, -0.2) is 4.98 Å². The minimum Gasteiger partial charge on any atom is -0.507 e. The van der Waals surface area contributed by atoms with Crippen molar-refractivity contribution in [2.75, 3.05) is 0 Å². The van der Waals surface area contributed by atoms with Gasteiger partial charge in [0.05, 0.1) is 22.7 Å². The highest BCUT2D eigenvalue weighted by atomic mass is 16.5. The second kappa shape index (κ2) is 9.50. The van der Waals surface area contributed by atoms with E-state index in [4.69, 9.17) is 9.72 Å². The van der Waals surface area contributed by atoms with Crippen molar-refractivity contribution in [1.29, 1.82) is 0 Å². The quantitative estimate of drug-likeness (QED) is 0.248. The molecule has 0 aliphatic rings. The molecule has 6 nitrogen and oxygen atoms in total. The molecule has 7 aromatic rings. The average Bonchev–Trinajstić information content (AvgIpc) is 3.28. The van der Waals surface area contributed by atoms with Crippen LogP contribution >= 0.6 is 0 Å². The van der Waals surface area contributed by atoms with Crippen molar-refractivity contribution < 1.29 is 9.84 Å². The highest BCUT2D eigenvalue weighted by Gasteiger charge is 2.18. The highest BCUT2D eigenvalue weighted by molar-refractivity contribution is 6.14. The van der Waals surface area contributed by atoms with E-state index in [1.54, 1.807) is 18.2 Å². The van der Waals surface area contributed by atoms with E-state index in [1.165, 1.54) is 16.2 Å². The molecule has 0 aliphatic heterocycles. The summed E-state index contributed by atoms with van der Waals surface area (Å²) in [6.45, 7) is 3.86. The van der Waals surface area contributed by atoms with Crippen LogP contribution in [-0.2, 0) is 0 Å². The molecule has 0 radical (unpaired) electrons. The molecule has 40 heavy (non-hydrogen) atoms. The van der Waals surface area contributed by atoms with Crippen LogP contribution in [0.3, 0.4) is 0 Å². The van der Waals surface area contributed by atoms with Gasteiger partial charge in [0.2, 0.25) is 0 Å². The highest BCUT2D eigenvalue weighted by Crippen LogP contribution is 2.37. The van der Waals surface area contributed by atoms with Gasteiger partial charge in [-0.05, 0) is 67.1 Å². The number of fused-ring (bicyclic) bond motifs is 4. The van der Waals surface area contributed by atoms with Crippen molar-refractivity contribution in [2.45, 2.75) is 20.0 Å². The lowest BCUT2D eigenvalue weighted by Crippen LogP contribution is -2.10. The second-order valence-corrected chi connectivity index (χ2v) is 10.1. The summed E-state index contributed by atoms with van der Waals surface area (Å²) < 4.78 is 8.19. The Kier molecular flexibility index (Phi) is 5.67. The zero-order valence-corrected chi connectivity index (χ0v) is 22.1. The number of aromatic hydroxyl groups is 1. The molecule has 0 saturated heterocycles. The number of benzene rings is 5. The maximum atomic E-state index is 10.5. The maximum Gasteiger partial charge on any atom is 0.320 e. The lowest BCUT2D eigenvalue weighted by Gasteiger charge is -2.12. The molecule has 0 aliphatic carbocycles. The fourth-order valence-corrected chi connectivity index (χ4v) is 5.23. The van der Waals surface area contributed by atoms with Crippen molar-refractivity contribution in [2.24, 2.45) is 0 Å². The Balaban J connectivity index is 1.50. The summed E-state index contributed by atoms with van der Waals surface area (Å²) in [5.41, 5.74) is 4.59. The van der Waals surface area contributed by atoms with Crippen molar-refractivity contribution >= 4 is 32.6 Å². The van der Waals surface area contributed by atoms with E-state index in [-0.39, 0.29) is 17.9 Å². The summed E-state index contributed by atoms with van der Waals surface area (Å²) in [6.07, 6.45) is -0.121. The number of hydrogen-bond donors (Lipinski definition) is 1. The van der Waals surface area contributed by atoms with Crippen LogP contribution in [-0.4, -0.2) is 30.7 Å². The van der Waals surface area contributed by atoms with Crippen LogP contribution < -0.4 is 4.74 Å². The predicted octanol–water partition coefficient (Wildman–Crippen LogP) is 7.95. The maximum absolute atomic E-state index is 10.5. The molecular formula is C34H26N4O2. The van der Waals surface area contributed by atoms with Gasteiger partial charge in [0, 0.05) is 22.0 Å². The molecule has 6 heteroatoms. The zero-order valence-electron chi connectivity index (χ0n) is 22.1. The molecule has 1 N–H and O–H groups in total. The summed E-state index contributed by atoms with van der Waals surface area (Å²) in [5, 5.41) is 15.2. The fourth-order valence-electron chi connectivity index (χ4n) is 5.23. The summed E-state index contributed by atoms with van der Waals surface area (Å²) in [4.78, 5) is 14.0. The van der Waals surface area contributed by atoms with Gasteiger partial charge in [-0.1, -0.05) is 66.7 Å². The first-order valence-electron chi connectivity index (χ1n) is 13.3. The third-order valence-corrected chi connectivity index (χ3v) is 7.01. The molecule has 7 rings (SSSR count). The van der Waals surface area contributed by atoms with E-state index in [1.807, 2.05) is 32.0 Å². The van der Waals surface area contributed by atoms with Gasteiger partial charge in [-0.3, -0.25) is 0 Å². The van der Waals surface area contributed by atoms with Gasteiger partial charge in [0.1, 0.15) is 5.75 Å². The summed E-state index contributed by atoms with van der Waals surface area (Å²) in [5.74, 6) is 0.927. The Morgan fingerprint density at radius 1 is 0.650 bits per heavy atom. The Morgan fingerprint density at radius 3 is 2.10 bits per heavy atom. The van der Waals surface area contributed by atoms with Crippen molar-refractivity contribution in [3.8, 4) is 40.2 Å². The fraction of sp³-hybridized carbons (Fsp3) is 0.0882. The normalized spacial score (nSPS) is 11.6. The predicted molar refractivity (Wildman–Crippen MR) is 160 cm³/mol. The van der Waals surface area contributed by atoms with Gasteiger partial charge >= 0.3 is 6.01 Å². The van der Waals surface area contributed by atoms with Crippen LogP contribution in [0.5, 0.6) is 11.8 Å². The van der Waals surface area contributed by atoms with Crippen molar-refractivity contribution in [1.82, 2.24) is 19.5 Å². The van der Waals surface area contributed by atoms with E-state index in [2.05, 4.69) is 87.3 Å². The van der Waals surface area contributed by atoms with E-state index in [0.717, 1.165) is 27.7 Å². The number of phenolic OH excluding ortho intramolecular Hbond substituents is 1. The average molecular weight is 523 g/mol. The summed E-state index contributed by atoms with van der Waals surface area (Å²) in [7, 11) is 0. The number of ether oxygens (including phenoxy) is 1. The second-order valence-electron chi connectivity index (χ2n) is 10.1. The third kappa shape index (κ3) is 4.10. The minimum atomic E-state index is -0.121. The van der Waals surface area contributed by atoms with E-state index < -0.39 is 0 Å². The Bertz CT molecular complexity index is 2030. The first-order valence-corrected chi connectivity index (χ1v) is 13.3. The molecule has 5 aromatic carbocycles. The van der Waals surface area contributed by atoms with E-state index in [0.29, 0.717) is 17.2 Å².